The molecule has 21 heavy (non-hydrogen) atoms. The summed E-state index contributed by atoms with van der Waals surface area (Å²) >= 11 is 0. The largest absolute Gasteiger partial charge is 0.384 e. The van der Waals surface area contributed by atoms with Gasteiger partial charge in [-0.2, -0.15) is 0 Å². The summed E-state index contributed by atoms with van der Waals surface area (Å²) in [6.07, 6.45) is 0.351. The number of hydrogen-bond acceptors (Lipinski definition) is 1. The van der Waals surface area contributed by atoms with Crippen molar-refractivity contribution in [1.82, 2.24) is 0 Å². The number of hydrogen-bond donors (Lipinski definition) is 1. The molecule has 106 valence electrons. The summed E-state index contributed by atoms with van der Waals surface area (Å²) in [7, 11) is 0. The van der Waals surface area contributed by atoms with Gasteiger partial charge in [0, 0.05) is 0 Å². The van der Waals surface area contributed by atoms with Gasteiger partial charge in [0.05, 0.1) is 0 Å². The molecule has 0 saturated carbocycles. The van der Waals surface area contributed by atoms with E-state index in [4.69, 9.17) is 0 Å². The van der Waals surface area contributed by atoms with Gasteiger partial charge in [-0.1, -0.05) is 67.6 Å². The van der Waals surface area contributed by atoms with Crippen LogP contribution in [0.25, 0.3) is 10.8 Å². The molecule has 0 amide bonds. The molecule has 3 rings (SSSR count). The molecule has 0 heterocycles. The van der Waals surface area contributed by atoms with Crippen molar-refractivity contribution in [3.63, 3.8) is 0 Å². The van der Waals surface area contributed by atoms with Crippen molar-refractivity contribution in [2.24, 2.45) is 0 Å². The molecule has 3 aromatic rings. The predicted molar refractivity (Wildman–Crippen MR) is 88.6 cm³/mol. The molecule has 0 bridgehead atoms. The smallest absolute Gasteiger partial charge is 0.105 e. The van der Waals surface area contributed by atoms with Crippen LogP contribution in [-0.4, -0.2) is 5.11 Å². The molecule has 1 heteroatoms. The second kappa shape index (κ2) is 5.71. The maximum absolute atomic E-state index is 11.0. The first-order valence-electron chi connectivity index (χ1n) is 7.46. The number of aliphatic hydroxyl groups is 1. The van der Waals surface area contributed by atoms with Gasteiger partial charge in [-0.25, -0.2) is 0 Å². The van der Waals surface area contributed by atoms with Gasteiger partial charge < -0.3 is 5.11 Å². The molecule has 0 aromatic heterocycles. The molecule has 1 atom stereocenters. The zero-order valence-electron chi connectivity index (χ0n) is 12.5. The third-order valence-corrected chi connectivity index (χ3v) is 4.19. The Hall–Kier alpha value is -2.12. The van der Waals surface area contributed by atoms with Crippen molar-refractivity contribution >= 4 is 10.8 Å². The van der Waals surface area contributed by atoms with Crippen LogP contribution in [-0.2, 0) is 6.42 Å². The van der Waals surface area contributed by atoms with E-state index >= 15 is 0 Å². The number of rotatable bonds is 3. The fraction of sp³-hybridized carbons (Fsp3) is 0.200. The number of aryl methyl sites for hydroxylation is 2. The van der Waals surface area contributed by atoms with Gasteiger partial charge in [-0.15, -0.1) is 0 Å². The van der Waals surface area contributed by atoms with E-state index in [1.54, 1.807) is 0 Å². The molecule has 0 fully saturated rings. The van der Waals surface area contributed by atoms with Crippen LogP contribution in [0.2, 0.25) is 0 Å². The quantitative estimate of drug-likeness (QED) is 0.729. The van der Waals surface area contributed by atoms with E-state index in [0.29, 0.717) is 0 Å². The maximum Gasteiger partial charge on any atom is 0.105 e. The van der Waals surface area contributed by atoms with Crippen LogP contribution in [0, 0.1) is 6.92 Å². The van der Waals surface area contributed by atoms with E-state index in [0.717, 1.165) is 28.5 Å². The molecular formula is C20H20O. The Bertz CT molecular complexity index is 774. The summed E-state index contributed by atoms with van der Waals surface area (Å²) in [5.41, 5.74) is 4.37. The zero-order chi connectivity index (χ0) is 14.8. The monoisotopic (exact) mass is 276 g/mol. The van der Waals surface area contributed by atoms with Gasteiger partial charge in [-0.05, 0) is 46.4 Å². The van der Waals surface area contributed by atoms with Gasteiger partial charge in [0.1, 0.15) is 6.10 Å². The second-order valence-electron chi connectivity index (χ2n) is 5.47. The minimum atomic E-state index is -0.577. The predicted octanol–water partition coefficient (Wildman–Crippen LogP) is 4.79. The first kappa shape index (κ1) is 13.8. The number of aliphatic hydroxyl groups excluding tert-OH is 1. The lowest BCUT2D eigenvalue weighted by atomic mass is 9.89. The van der Waals surface area contributed by atoms with Crippen LogP contribution in [0.15, 0.2) is 60.7 Å². The normalized spacial score (nSPS) is 12.5. The highest BCUT2D eigenvalue weighted by atomic mass is 16.3. The Labute approximate surface area is 125 Å². The Morgan fingerprint density at radius 2 is 1.62 bits per heavy atom. The van der Waals surface area contributed by atoms with Crippen molar-refractivity contribution in [1.29, 1.82) is 0 Å². The van der Waals surface area contributed by atoms with E-state index in [-0.39, 0.29) is 0 Å². The van der Waals surface area contributed by atoms with Crippen molar-refractivity contribution in [3.05, 3.63) is 82.9 Å². The lowest BCUT2D eigenvalue weighted by Gasteiger charge is -2.19. The summed E-state index contributed by atoms with van der Waals surface area (Å²) in [6.45, 7) is 4.20. The van der Waals surface area contributed by atoms with Gasteiger partial charge in [0.15, 0.2) is 0 Å². The molecule has 0 saturated heterocycles. The molecule has 0 aliphatic carbocycles. The summed E-state index contributed by atoms with van der Waals surface area (Å²) in [5, 5.41) is 13.3. The standard InChI is InChI=1S/C20H20O/c1-3-15-8-4-7-11-18(15)20(21)19-14(2)12-13-16-9-5-6-10-17(16)19/h4-13,20-21H,3H2,1-2H3. The molecule has 1 N–H and O–H groups in total. The van der Waals surface area contributed by atoms with Gasteiger partial charge in [-0.3, -0.25) is 0 Å². The Morgan fingerprint density at radius 3 is 2.43 bits per heavy atom. The topological polar surface area (TPSA) is 20.2 Å². The van der Waals surface area contributed by atoms with Crippen molar-refractivity contribution < 1.29 is 5.11 Å². The molecule has 1 unspecified atom stereocenters. The molecule has 0 radical (unpaired) electrons. The van der Waals surface area contributed by atoms with Crippen LogP contribution < -0.4 is 0 Å². The average molecular weight is 276 g/mol. The van der Waals surface area contributed by atoms with E-state index in [2.05, 4.69) is 44.2 Å². The van der Waals surface area contributed by atoms with Crippen LogP contribution >= 0.6 is 0 Å². The zero-order valence-corrected chi connectivity index (χ0v) is 12.5. The SMILES string of the molecule is CCc1ccccc1C(O)c1c(C)ccc2ccccc12. The maximum atomic E-state index is 11.0. The molecule has 0 aliphatic heterocycles. The van der Waals surface area contributed by atoms with E-state index in [1.165, 1.54) is 10.9 Å². The van der Waals surface area contributed by atoms with Crippen LogP contribution in [0.1, 0.15) is 35.3 Å². The van der Waals surface area contributed by atoms with Gasteiger partial charge in [0.25, 0.3) is 0 Å². The van der Waals surface area contributed by atoms with Crippen molar-refractivity contribution in [2.45, 2.75) is 26.4 Å². The Morgan fingerprint density at radius 1 is 0.905 bits per heavy atom. The number of benzene rings is 3. The first-order chi connectivity index (χ1) is 10.2. The summed E-state index contributed by atoms with van der Waals surface area (Å²) in [4.78, 5) is 0. The van der Waals surface area contributed by atoms with Crippen molar-refractivity contribution in [2.75, 3.05) is 0 Å². The van der Waals surface area contributed by atoms with Gasteiger partial charge in [0.2, 0.25) is 0 Å². The third kappa shape index (κ3) is 2.45. The summed E-state index contributed by atoms with van der Waals surface area (Å²) in [6, 6.07) is 20.6. The first-order valence-corrected chi connectivity index (χ1v) is 7.46. The Kier molecular flexibility index (Phi) is 3.76. The average Bonchev–Trinajstić information content (AvgIpc) is 2.54. The summed E-state index contributed by atoms with van der Waals surface area (Å²) < 4.78 is 0. The molecule has 0 aliphatic rings. The third-order valence-electron chi connectivity index (χ3n) is 4.19. The Balaban J connectivity index is 2.22. The lowest BCUT2D eigenvalue weighted by Crippen LogP contribution is -2.06. The second-order valence-corrected chi connectivity index (χ2v) is 5.47. The molecule has 1 nitrogen and oxygen atoms in total. The fourth-order valence-corrected chi connectivity index (χ4v) is 3.05. The van der Waals surface area contributed by atoms with E-state index < -0.39 is 6.10 Å². The summed E-state index contributed by atoms with van der Waals surface area (Å²) in [5.74, 6) is 0. The van der Waals surface area contributed by atoms with Crippen LogP contribution in [0.3, 0.4) is 0 Å². The molecular weight excluding hydrogens is 256 g/mol. The minimum absolute atomic E-state index is 0.577. The van der Waals surface area contributed by atoms with Crippen molar-refractivity contribution in [3.8, 4) is 0 Å². The molecule has 3 aromatic carbocycles. The highest BCUT2D eigenvalue weighted by Crippen LogP contribution is 2.33. The van der Waals surface area contributed by atoms with E-state index in [1.807, 2.05) is 30.3 Å². The lowest BCUT2D eigenvalue weighted by molar-refractivity contribution is 0.220. The number of fused-ring (bicyclic) bond motifs is 1. The van der Waals surface area contributed by atoms with Crippen LogP contribution in [0.5, 0.6) is 0 Å². The fourth-order valence-electron chi connectivity index (χ4n) is 3.05. The van der Waals surface area contributed by atoms with E-state index in [9.17, 15) is 5.11 Å². The highest BCUT2D eigenvalue weighted by Gasteiger charge is 2.18. The molecule has 0 spiro atoms. The highest BCUT2D eigenvalue weighted by molar-refractivity contribution is 5.87. The minimum Gasteiger partial charge on any atom is -0.384 e. The van der Waals surface area contributed by atoms with Crippen LogP contribution in [0.4, 0.5) is 0 Å². The van der Waals surface area contributed by atoms with Gasteiger partial charge >= 0.3 is 0 Å².